The summed E-state index contributed by atoms with van der Waals surface area (Å²) in [6, 6.07) is 13.4. The Kier molecular flexibility index (Phi) is 5.06. The molecule has 150 valence electrons. The molecule has 6 nitrogen and oxygen atoms in total. The lowest BCUT2D eigenvalue weighted by molar-refractivity contribution is 0.274. The van der Waals surface area contributed by atoms with Crippen molar-refractivity contribution in [3.63, 3.8) is 0 Å². The molecule has 2 aromatic carbocycles. The highest BCUT2D eigenvalue weighted by atomic mass is 32.2. The number of fused-ring (bicyclic) bond motifs is 1. The first-order valence-corrected chi connectivity index (χ1v) is 10.3. The number of para-hydroxylation sites is 1. The number of benzene rings is 2. The lowest BCUT2D eigenvalue weighted by atomic mass is 10.0. The van der Waals surface area contributed by atoms with Gasteiger partial charge in [-0.25, -0.2) is 22.2 Å². The number of pyridine rings is 1. The average molecular weight is 417 g/mol. The molecule has 0 radical (unpaired) electrons. The zero-order valence-electron chi connectivity index (χ0n) is 15.1. The van der Waals surface area contributed by atoms with Crippen LogP contribution in [0.25, 0.3) is 0 Å². The number of hydrogen-bond donors (Lipinski definition) is 2. The highest BCUT2D eigenvalue weighted by Gasteiger charge is 2.22. The molecule has 1 aliphatic heterocycles. The molecule has 0 fully saturated rings. The van der Waals surface area contributed by atoms with Crippen molar-refractivity contribution in [2.24, 2.45) is 0 Å². The highest BCUT2D eigenvalue weighted by Crippen LogP contribution is 2.33. The summed E-state index contributed by atoms with van der Waals surface area (Å²) in [5, 5.41) is 3.28. The van der Waals surface area contributed by atoms with Crippen molar-refractivity contribution < 1.29 is 21.9 Å². The van der Waals surface area contributed by atoms with Gasteiger partial charge < -0.3 is 10.1 Å². The number of rotatable bonds is 5. The van der Waals surface area contributed by atoms with Crippen LogP contribution in [-0.2, 0) is 10.0 Å². The Morgan fingerprint density at radius 1 is 1.03 bits per heavy atom. The van der Waals surface area contributed by atoms with E-state index in [1.807, 2.05) is 24.3 Å². The fourth-order valence-corrected chi connectivity index (χ4v) is 4.06. The van der Waals surface area contributed by atoms with Crippen LogP contribution in [0.2, 0.25) is 0 Å². The minimum absolute atomic E-state index is 0.00442. The van der Waals surface area contributed by atoms with Crippen molar-refractivity contribution in [1.29, 1.82) is 0 Å². The van der Waals surface area contributed by atoms with E-state index >= 15 is 0 Å². The first-order chi connectivity index (χ1) is 13.9. The molecule has 4 rings (SSSR count). The van der Waals surface area contributed by atoms with Gasteiger partial charge in [-0.05, 0) is 30.3 Å². The standard InChI is InChI=1S/C20H17F2N3O3S/c21-16-7-5-13(11-17(16)22)25-29(26,27)14-6-8-20(23-12-14)24-18-9-10-28-19-4-2-1-3-15(18)19/h1-8,11-12,18,25H,9-10H2,(H,23,24). The topological polar surface area (TPSA) is 80.3 Å². The summed E-state index contributed by atoms with van der Waals surface area (Å²) < 4.78 is 59.1. The zero-order chi connectivity index (χ0) is 20.4. The Morgan fingerprint density at radius 3 is 2.62 bits per heavy atom. The molecular formula is C20H17F2N3O3S. The van der Waals surface area contributed by atoms with Crippen molar-refractivity contribution in [2.45, 2.75) is 17.4 Å². The molecule has 2 heterocycles. The van der Waals surface area contributed by atoms with Crippen LogP contribution in [0.1, 0.15) is 18.0 Å². The summed E-state index contributed by atoms with van der Waals surface area (Å²) in [6.07, 6.45) is 1.95. The fraction of sp³-hybridized carbons (Fsp3) is 0.150. The van der Waals surface area contributed by atoms with Crippen LogP contribution < -0.4 is 14.8 Å². The van der Waals surface area contributed by atoms with Gasteiger partial charge in [-0.1, -0.05) is 18.2 Å². The summed E-state index contributed by atoms with van der Waals surface area (Å²) in [5.41, 5.74) is 0.933. The van der Waals surface area contributed by atoms with E-state index in [9.17, 15) is 17.2 Å². The quantitative estimate of drug-likeness (QED) is 0.654. The van der Waals surface area contributed by atoms with Gasteiger partial charge in [0.1, 0.15) is 16.5 Å². The first-order valence-electron chi connectivity index (χ1n) is 8.84. The number of sulfonamides is 1. The third kappa shape index (κ3) is 4.14. The molecule has 1 atom stereocenters. The third-order valence-electron chi connectivity index (χ3n) is 4.50. The number of hydrogen-bond acceptors (Lipinski definition) is 5. The first kappa shape index (κ1) is 19.1. The molecule has 1 unspecified atom stereocenters. The van der Waals surface area contributed by atoms with E-state index in [4.69, 9.17) is 4.74 Å². The molecule has 3 aromatic rings. The second kappa shape index (κ2) is 7.67. The van der Waals surface area contributed by atoms with Gasteiger partial charge >= 0.3 is 0 Å². The predicted molar refractivity (Wildman–Crippen MR) is 104 cm³/mol. The number of aromatic nitrogens is 1. The van der Waals surface area contributed by atoms with Crippen LogP contribution >= 0.6 is 0 Å². The Bertz CT molecular complexity index is 1140. The van der Waals surface area contributed by atoms with Crippen molar-refractivity contribution in [2.75, 3.05) is 16.6 Å². The SMILES string of the molecule is O=S(=O)(Nc1ccc(F)c(F)c1)c1ccc(NC2CCOc3ccccc32)nc1. The zero-order valence-corrected chi connectivity index (χ0v) is 15.9. The van der Waals surface area contributed by atoms with E-state index in [2.05, 4.69) is 15.0 Å². The van der Waals surface area contributed by atoms with E-state index in [-0.39, 0.29) is 16.6 Å². The van der Waals surface area contributed by atoms with Gasteiger partial charge in [0.15, 0.2) is 11.6 Å². The minimum atomic E-state index is -3.99. The van der Waals surface area contributed by atoms with E-state index in [1.165, 1.54) is 12.3 Å². The van der Waals surface area contributed by atoms with E-state index in [1.54, 1.807) is 6.07 Å². The average Bonchev–Trinajstić information content (AvgIpc) is 2.71. The van der Waals surface area contributed by atoms with Crippen molar-refractivity contribution >= 4 is 21.5 Å². The van der Waals surface area contributed by atoms with Gasteiger partial charge in [0.2, 0.25) is 0 Å². The van der Waals surface area contributed by atoms with Crippen LogP contribution in [0.5, 0.6) is 5.75 Å². The van der Waals surface area contributed by atoms with Crippen LogP contribution in [0.4, 0.5) is 20.3 Å². The number of nitrogens with one attached hydrogen (secondary N) is 2. The Labute approximate surface area is 166 Å². The van der Waals surface area contributed by atoms with Crippen molar-refractivity contribution in [3.8, 4) is 5.75 Å². The maximum absolute atomic E-state index is 13.3. The number of nitrogens with zero attached hydrogens (tertiary/aromatic N) is 1. The number of halogens is 2. The molecule has 1 aliphatic rings. The molecule has 0 saturated heterocycles. The smallest absolute Gasteiger partial charge is 0.263 e. The third-order valence-corrected chi connectivity index (χ3v) is 5.87. The monoisotopic (exact) mass is 417 g/mol. The van der Waals surface area contributed by atoms with Crippen LogP contribution in [-0.4, -0.2) is 20.0 Å². The Morgan fingerprint density at radius 2 is 1.86 bits per heavy atom. The Hall–Kier alpha value is -3.20. The van der Waals surface area contributed by atoms with Gasteiger partial charge in [-0.3, -0.25) is 4.72 Å². The van der Waals surface area contributed by atoms with Crippen molar-refractivity contribution in [1.82, 2.24) is 4.98 Å². The second-order valence-electron chi connectivity index (χ2n) is 6.49. The lowest BCUT2D eigenvalue weighted by Gasteiger charge is -2.27. The molecule has 0 amide bonds. The van der Waals surface area contributed by atoms with Crippen LogP contribution in [0.3, 0.4) is 0 Å². The highest BCUT2D eigenvalue weighted by molar-refractivity contribution is 7.92. The summed E-state index contributed by atoms with van der Waals surface area (Å²) in [6.45, 7) is 0.569. The summed E-state index contributed by atoms with van der Waals surface area (Å²) in [5.74, 6) is -0.871. The Balaban J connectivity index is 1.50. The molecular weight excluding hydrogens is 400 g/mol. The predicted octanol–water partition coefficient (Wildman–Crippen LogP) is 4.10. The molecule has 1 aromatic heterocycles. The molecule has 2 N–H and O–H groups in total. The summed E-state index contributed by atoms with van der Waals surface area (Å²) in [4.78, 5) is 4.08. The summed E-state index contributed by atoms with van der Waals surface area (Å²) in [7, 11) is -3.99. The van der Waals surface area contributed by atoms with Crippen molar-refractivity contribution in [3.05, 3.63) is 78.0 Å². The number of anilines is 2. The second-order valence-corrected chi connectivity index (χ2v) is 8.17. The van der Waals surface area contributed by atoms with E-state index < -0.39 is 21.7 Å². The molecule has 0 bridgehead atoms. The lowest BCUT2D eigenvalue weighted by Crippen LogP contribution is -2.21. The molecule has 0 saturated carbocycles. The van der Waals surface area contributed by atoms with Gasteiger partial charge in [0.05, 0.1) is 18.3 Å². The fourth-order valence-electron chi connectivity index (χ4n) is 3.07. The normalized spacial score (nSPS) is 15.9. The summed E-state index contributed by atoms with van der Waals surface area (Å²) >= 11 is 0. The van der Waals surface area contributed by atoms with Gasteiger partial charge in [0.25, 0.3) is 10.0 Å². The van der Waals surface area contributed by atoms with Crippen LogP contribution in [0, 0.1) is 11.6 Å². The molecule has 29 heavy (non-hydrogen) atoms. The van der Waals surface area contributed by atoms with Gasteiger partial charge in [-0.15, -0.1) is 0 Å². The van der Waals surface area contributed by atoms with Gasteiger partial charge in [0, 0.05) is 24.2 Å². The maximum Gasteiger partial charge on any atom is 0.263 e. The largest absolute Gasteiger partial charge is 0.493 e. The van der Waals surface area contributed by atoms with Crippen LogP contribution in [0.15, 0.2) is 65.7 Å². The minimum Gasteiger partial charge on any atom is -0.493 e. The number of ether oxygens (including phenoxy) is 1. The molecule has 0 spiro atoms. The molecule has 0 aliphatic carbocycles. The maximum atomic E-state index is 13.3. The van der Waals surface area contributed by atoms with E-state index in [0.717, 1.165) is 35.9 Å². The molecule has 9 heteroatoms. The van der Waals surface area contributed by atoms with E-state index in [0.29, 0.717) is 12.4 Å². The van der Waals surface area contributed by atoms with Gasteiger partial charge in [-0.2, -0.15) is 0 Å².